The van der Waals surface area contributed by atoms with Gasteiger partial charge in [0.25, 0.3) is 0 Å². The number of aromatic nitrogens is 6. The van der Waals surface area contributed by atoms with Crippen LogP contribution in [0.5, 0.6) is 0 Å². The van der Waals surface area contributed by atoms with Crippen molar-refractivity contribution in [3.8, 4) is 11.4 Å². The van der Waals surface area contributed by atoms with Crippen LogP contribution in [0.3, 0.4) is 0 Å². The molecule has 0 bridgehead atoms. The predicted molar refractivity (Wildman–Crippen MR) is 112 cm³/mol. The minimum Gasteiger partial charge on any atom is -0.344 e. The Morgan fingerprint density at radius 3 is 2.90 bits per heavy atom. The quantitative estimate of drug-likeness (QED) is 0.545. The van der Waals surface area contributed by atoms with Crippen molar-refractivity contribution in [3.05, 3.63) is 65.6 Å². The lowest BCUT2D eigenvalue weighted by Gasteiger charge is -2.24. The fourth-order valence-corrected chi connectivity index (χ4v) is 3.78. The number of rotatable bonds is 4. The van der Waals surface area contributed by atoms with Crippen molar-refractivity contribution in [2.24, 2.45) is 0 Å². The third kappa shape index (κ3) is 3.52. The Hall–Kier alpha value is -3.75. The number of carbonyl (C=O) groups is 1. The maximum absolute atomic E-state index is 13.8. The molecule has 0 saturated heterocycles. The van der Waals surface area contributed by atoms with Crippen LogP contribution in [0.4, 0.5) is 10.3 Å². The fraction of sp³-hybridized carbons (Fsp3) is 0.273. The maximum atomic E-state index is 13.8. The Morgan fingerprint density at radius 1 is 1.23 bits per heavy atom. The molecule has 1 N–H and O–H groups in total. The van der Waals surface area contributed by atoms with Crippen LogP contribution >= 0.6 is 0 Å². The average molecular weight is 417 g/mol. The highest BCUT2D eigenvalue weighted by Gasteiger charge is 2.28. The summed E-state index contributed by atoms with van der Waals surface area (Å²) in [7, 11) is 0. The maximum Gasteiger partial charge on any atom is 0.228 e. The van der Waals surface area contributed by atoms with Gasteiger partial charge in [-0.15, -0.1) is 0 Å². The molecule has 156 valence electrons. The van der Waals surface area contributed by atoms with Gasteiger partial charge < -0.3 is 5.32 Å². The molecular formula is C22H20FN7O. The molecule has 1 aliphatic carbocycles. The third-order valence-corrected chi connectivity index (χ3v) is 5.42. The predicted octanol–water partition coefficient (Wildman–Crippen LogP) is 2.99. The Morgan fingerprint density at radius 2 is 2.10 bits per heavy atom. The molecule has 8 nitrogen and oxygen atoms in total. The molecule has 0 unspecified atom stereocenters. The van der Waals surface area contributed by atoms with Crippen molar-refractivity contribution in [2.75, 3.05) is 5.32 Å². The van der Waals surface area contributed by atoms with E-state index in [9.17, 15) is 9.18 Å². The molecule has 5 rings (SSSR count). The number of hydrogen-bond donors (Lipinski definition) is 1. The van der Waals surface area contributed by atoms with Gasteiger partial charge in [-0.1, -0.05) is 19.9 Å². The lowest BCUT2D eigenvalue weighted by atomic mass is 9.91. The largest absolute Gasteiger partial charge is 0.344 e. The molecule has 0 saturated carbocycles. The number of halogens is 1. The number of nitrogens with zero attached hydrogens (tertiary/aromatic N) is 6. The van der Waals surface area contributed by atoms with Crippen molar-refractivity contribution < 1.29 is 9.18 Å². The van der Waals surface area contributed by atoms with Crippen molar-refractivity contribution in [2.45, 2.75) is 38.6 Å². The number of anilines is 1. The van der Waals surface area contributed by atoms with E-state index in [0.29, 0.717) is 29.4 Å². The normalized spacial score (nSPS) is 16.0. The number of Topliss-reactive ketones (excluding diaryl/α,β-unsaturated/α-hetero) is 1. The van der Waals surface area contributed by atoms with Crippen molar-refractivity contribution >= 4 is 17.4 Å². The number of ketones is 1. The first-order valence-electron chi connectivity index (χ1n) is 10.1. The number of nitrogens with one attached hydrogen (secondary N) is 1. The molecule has 1 aliphatic rings. The molecular weight excluding hydrogens is 397 g/mol. The third-order valence-electron chi connectivity index (χ3n) is 5.42. The van der Waals surface area contributed by atoms with E-state index in [2.05, 4.69) is 30.4 Å². The Bertz CT molecular complexity index is 1300. The van der Waals surface area contributed by atoms with Gasteiger partial charge in [-0.25, -0.2) is 9.37 Å². The first-order valence-corrected chi connectivity index (χ1v) is 10.1. The zero-order valence-electron chi connectivity index (χ0n) is 17.1. The van der Waals surface area contributed by atoms with Crippen LogP contribution < -0.4 is 5.32 Å². The lowest BCUT2D eigenvalue weighted by Crippen LogP contribution is -2.38. The van der Waals surface area contributed by atoms with E-state index in [1.54, 1.807) is 16.9 Å². The van der Waals surface area contributed by atoms with Gasteiger partial charge in [0.2, 0.25) is 5.95 Å². The second-order valence-electron chi connectivity index (χ2n) is 7.91. The van der Waals surface area contributed by atoms with Crippen molar-refractivity contribution in [1.29, 1.82) is 0 Å². The summed E-state index contributed by atoms with van der Waals surface area (Å²) in [6.45, 7) is 4.09. The molecule has 0 fully saturated rings. The lowest BCUT2D eigenvalue weighted by molar-refractivity contribution is -0.119. The molecule has 0 aliphatic heterocycles. The van der Waals surface area contributed by atoms with E-state index < -0.39 is 11.9 Å². The first-order chi connectivity index (χ1) is 15.0. The van der Waals surface area contributed by atoms with Gasteiger partial charge >= 0.3 is 0 Å². The van der Waals surface area contributed by atoms with Gasteiger partial charge in [0.05, 0.1) is 30.6 Å². The van der Waals surface area contributed by atoms with Gasteiger partial charge in [-0.2, -0.15) is 14.6 Å². The molecule has 0 radical (unpaired) electrons. The second-order valence-corrected chi connectivity index (χ2v) is 7.91. The SMILES string of the molecule is CC(C)c1cnn2c(N[C@H]3Cc4cccnc4CC3=O)nc(-c3cncc(F)c3)nc12. The minimum atomic E-state index is -0.473. The summed E-state index contributed by atoms with van der Waals surface area (Å²) in [5, 5.41) is 7.69. The molecule has 0 spiro atoms. The van der Waals surface area contributed by atoms with Crippen LogP contribution in [0.2, 0.25) is 0 Å². The zero-order valence-corrected chi connectivity index (χ0v) is 17.1. The van der Waals surface area contributed by atoms with E-state index in [4.69, 9.17) is 0 Å². The van der Waals surface area contributed by atoms with Crippen LogP contribution in [-0.2, 0) is 17.6 Å². The Balaban J connectivity index is 1.60. The first kappa shape index (κ1) is 19.2. The summed E-state index contributed by atoms with van der Waals surface area (Å²) >= 11 is 0. The van der Waals surface area contributed by atoms with Gasteiger partial charge in [-0.05, 0) is 23.6 Å². The minimum absolute atomic E-state index is 0.0307. The molecule has 31 heavy (non-hydrogen) atoms. The number of fused-ring (bicyclic) bond motifs is 2. The summed E-state index contributed by atoms with van der Waals surface area (Å²) in [5.74, 6) is 0.424. The average Bonchev–Trinajstić information content (AvgIpc) is 3.19. The van der Waals surface area contributed by atoms with Crippen molar-refractivity contribution in [1.82, 2.24) is 29.5 Å². The summed E-state index contributed by atoms with van der Waals surface area (Å²) in [4.78, 5) is 30.2. The van der Waals surface area contributed by atoms with E-state index in [0.717, 1.165) is 23.0 Å². The number of carbonyl (C=O) groups excluding carboxylic acids is 1. The second kappa shape index (κ2) is 7.50. The van der Waals surface area contributed by atoms with Crippen LogP contribution in [0.15, 0.2) is 43.0 Å². The van der Waals surface area contributed by atoms with Gasteiger partial charge in [-0.3, -0.25) is 14.8 Å². The van der Waals surface area contributed by atoms with E-state index in [1.807, 2.05) is 26.0 Å². The van der Waals surface area contributed by atoms with E-state index in [-0.39, 0.29) is 18.1 Å². The highest BCUT2D eigenvalue weighted by atomic mass is 19.1. The molecule has 9 heteroatoms. The highest BCUT2D eigenvalue weighted by molar-refractivity contribution is 5.90. The van der Waals surface area contributed by atoms with E-state index in [1.165, 1.54) is 12.3 Å². The number of pyridine rings is 2. The molecule has 0 aromatic carbocycles. The van der Waals surface area contributed by atoms with Crippen LogP contribution in [0.25, 0.3) is 17.0 Å². The molecule has 4 aromatic heterocycles. The molecule has 0 amide bonds. The summed E-state index contributed by atoms with van der Waals surface area (Å²) in [6.07, 6.45) is 6.85. The molecule has 1 atom stereocenters. The summed E-state index contributed by atoms with van der Waals surface area (Å²) < 4.78 is 15.4. The number of hydrogen-bond acceptors (Lipinski definition) is 7. The molecule has 4 heterocycles. The highest BCUT2D eigenvalue weighted by Crippen LogP contribution is 2.26. The summed E-state index contributed by atoms with van der Waals surface area (Å²) in [5.41, 5.74) is 3.83. The summed E-state index contributed by atoms with van der Waals surface area (Å²) in [6, 6.07) is 4.71. The van der Waals surface area contributed by atoms with Crippen molar-refractivity contribution in [3.63, 3.8) is 0 Å². The molecule has 4 aromatic rings. The van der Waals surface area contributed by atoms with Gasteiger partial charge in [0, 0.05) is 29.9 Å². The van der Waals surface area contributed by atoms with Crippen LogP contribution in [0.1, 0.15) is 36.6 Å². The van der Waals surface area contributed by atoms with Crippen LogP contribution in [0, 0.1) is 5.82 Å². The standard InChI is InChI=1S/C22H20FN7O/c1-12(2)16-11-26-30-21(16)28-20(14-6-15(23)10-24-9-14)29-22(30)27-18-7-13-4-3-5-25-17(13)8-19(18)31/h3-6,9-12,18H,7-8H2,1-2H3,(H,27,28,29)/t18-/m0/s1. The van der Waals surface area contributed by atoms with Crippen LogP contribution in [-0.4, -0.2) is 41.4 Å². The Labute approximate surface area is 177 Å². The monoisotopic (exact) mass is 417 g/mol. The van der Waals surface area contributed by atoms with E-state index >= 15 is 0 Å². The van der Waals surface area contributed by atoms with Gasteiger partial charge in [0.15, 0.2) is 17.3 Å². The topological polar surface area (TPSA) is 98.0 Å². The fourth-order valence-electron chi connectivity index (χ4n) is 3.78. The van der Waals surface area contributed by atoms with Gasteiger partial charge in [0.1, 0.15) is 5.82 Å². The smallest absolute Gasteiger partial charge is 0.228 e. The Kier molecular flexibility index (Phi) is 4.65. The zero-order chi connectivity index (χ0) is 21.5.